The van der Waals surface area contributed by atoms with Crippen molar-refractivity contribution in [1.29, 1.82) is 0 Å². The van der Waals surface area contributed by atoms with E-state index in [-0.39, 0.29) is 11.7 Å². The summed E-state index contributed by atoms with van der Waals surface area (Å²) in [6.07, 6.45) is 1.72. The summed E-state index contributed by atoms with van der Waals surface area (Å²) in [5.74, 6) is 0.337. The third kappa shape index (κ3) is 3.61. The van der Waals surface area contributed by atoms with Gasteiger partial charge < -0.3 is 9.73 Å². The maximum absolute atomic E-state index is 13.9. The van der Waals surface area contributed by atoms with Crippen molar-refractivity contribution in [3.8, 4) is 11.5 Å². The molecule has 0 atom stereocenters. The van der Waals surface area contributed by atoms with Crippen LogP contribution in [0.15, 0.2) is 27.1 Å². The Hall–Kier alpha value is -1.27. The molecular weight excluding hydrogens is 313 g/mol. The second-order valence-electron chi connectivity index (χ2n) is 4.10. The Morgan fingerprint density at radius 1 is 1.32 bits per heavy atom. The fraction of sp³-hybridized carbons (Fsp3) is 0.385. The number of rotatable bonds is 6. The predicted molar refractivity (Wildman–Crippen MR) is 74.3 cm³/mol. The topological polar surface area (TPSA) is 51.0 Å². The monoisotopic (exact) mass is 327 g/mol. The number of nitrogens with one attached hydrogen (secondary N) is 1. The zero-order valence-electron chi connectivity index (χ0n) is 10.6. The Balaban J connectivity index is 2.06. The van der Waals surface area contributed by atoms with E-state index in [0.717, 1.165) is 19.5 Å². The van der Waals surface area contributed by atoms with Gasteiger partial charge in [0.2, 0.25) is 5.89 Å². The Morgan fingerprint density at radius 3 is 2.95 bits per heavy atom. The fourth-order valence-corrected chi connectivity index (χ4v) is 2.00. The van der Waals surface area contributed by atoms with Crippen molar-refractivity contribution in [2.45, 2.75) is 19.8 Å². The van der Waals surface area contributed by atoms with Crippen LogP contribution in [0, 0.1) is 5.82 Å². The highest BCUT2D eigenvalue weighted by molar-refractivity contribution is 9.10. The van der Waals surface area contributed by atoms with E-state index in [2.05, 4.69) is 38.4 Å². The molecule has 102 valence electrons. The third-order valence-corrected chi connectivity index (χ3v) is 3.20. The highest BCUT2D eigenvalue weighted by Gasteiger charge is 2.14. The molecule has 0 saturated carbocycles. The molecule has 0 radical (unpaired) electrons. The number of hydrogen-bond donors (Lipinski definition) is 1. The van der Waals surface area contributed by atoms with Crippen LogP contribution >= 0.6 is 15.9 Å². The lowest BCUT2D eigenvalue weighted by molar-refractivity contribution is 0.491. The summed E-state index contributed by atoms with van der Waals surface area (Å²) in [5.41, 5.74) is 0.314. The van der Waals surface area contributed by atoms with E-state index in [1.54, 1.807) is 18.2 Å². The van der Waals surface area contributed by atoms with Gasteiger partial charge in [-0.2, -0.15) is 0 Å². The maximum Gasteiger partial charge on any atom is 0.250 e. The minimum absolute atomic E-state index is 0.212. The number of aromatic nitrogens is 2. The average Bonchev–Trinajstić information content (AvgIpc) is 2.87. The van der Waals surface area contributed by atoms with E-state index in [1.165, 1.54) is 0 Å². The molecule has 1 N–H and O–H groups in total. The first-order chi connectivity index (χ1) is 9.22. The lowest BCUT2D eigenvalue weighted by Gasteiger charge is -2.00. The summed E-state index contributed by atoms with van der Waals surface area (Å²) >= 11 is 3.13. The number of halogens is 2. The van der Waals surface area contributed by atoms with E-state index in [4.69, 9.17) is 4.42 Å². The molecule has 2 rings (SSSR count). The smallest absolute Gasteiger partial charge is 0.250 e. The Labute approximate surface area is 119 Å². The first-order valence-electron chi connectivity index (χ1n) is 6.20. The second-order valence-corrected chi connectivity index (χ2v) is 4.96. The van der Waals surface area contributed by atoms with Crippen molar-refractivity contribution in [3.63, 3.8) is 0 Å². The molecule has 0 spiro atoms. The number of hydrogen-bond acceptors (Lipinski definition) is 4. The molecule has 4 nitrogen and oxygen atoms in total. The molecule has 6 heteroatoms. The minimum Gasteiger partial charge on any atom is -0.421 e. The van der Waals surface area contributed by atoms with Gasteiger partial charge in [0.1, 0.15) is 5.82 Å². The average molecular weight is 328 g/mol. The molecule has 2 aromatic rings. The van der Waals surface area contributed by atoms with Crippen LogP contribution in [-0.2, 0) is 6.42 Å². The van der Waals surface area contributed by atoms with Gasteiger partial charge >= 0.3 is 0 Å². The molecule has 0 bridgehead atoms. The molecule has 1 aromatic heterocycles. The molecular formula is C13H15BrFN3O. The molecule has 0 aliphatic carbocycles. The van der Waals surface area contributed by atoms with E-state index in [9.17, 15) is 4.39 Å². The van der Waals surface area contributed by atoms with Crippen molar-refractivity contribution < 1.29 is 8.81 Å². The van der Waals surface area contributed by atoms with Crippen LogP contribution < -0.4 is 5.32 Å². The zero-order valence-corrected chi connectivity index (χ0v) is 12.2. The molecule has 0 aliphatic rings. The highest BCUT2D eigenvalue weighted by atomic mass is 79.9. The van der Waals surface area contributed by atoms with Crippen LogP contribution in [-0.4, -0.2) is 23.3 Å². The van der Waals surface area contributed by atoms with E-state index in [1.807, 2.05) is 0 Å². The van der Waals surface area contributed by atoms with Crippen LogP contribution in [0.2, 0.25) is 0 Å². The number of nitrogens with zero attached hydrogens (tertiary/aromatic N) is 2. The second kappa shape index (κ2) is 6.77. The van der Waals surface area contributed by atoms with Crippen LogP contribution in [0.25, 0.3) is 11.5 Å². The standard InChI is InChI=1S/C13H15BrFN3O/c1-2-7-16-8-6-11-17-18-13(19-11)9-4-3-5-10(14)12(9)15/h3-5,16H,2,6-8H2,1H3. The van der Waals surface area contributed by atoms with Gasteiger partial charge in [0.05, 0.1) is 10.0 Å². The van der Waals surface area contributed by atoms with Gasteiger partial charge in [-0.25, -0.2) is 4.39 Å². The normalized spacial score (nSPS) is 10.9. The molecule has 0 fully saturated rings. The lowest BCUT2D eigenvalue weighted by Crippen LogP contribution is -2.17. The van der Waals surface area contributed by atoms with Gasteiger partial charge in [0.15, 0.2) is 0 Å². The van der Waals surface area contributed by atoms with Gasteiger partial charge in [0.25, 0.3) is 5.89 Å². The Bertz CT molecular complexity index is 544. The summed E-state index contributed by atoms with van der Waals surface area (Å²) in [6, 6.07) is 4.98. The summed E-state index contributed by atoms with van der Waals surface area (Å²) in [5, 5.41) is 11.0. The van der Waals surface area contributed by atoms with Crippen LogP contribution in [0.4, 0.5) is 4.39 Å². The predicted octanol–water partition coefficient (Wildman–Crippen LogP) is 3.18. The highest BCUT2D eigenvalue weighted by Crippen LogP contribution is 2.26. The van der Waals surface area contributed by atoms with E-state index in [0.29, 0.717) is 22.3 Å². The SMILES string of the molecule is CCCNCCc1nnc(-c2cccc(Br)c2F)o1. The summed E-state index contributed by atoms with van der Waals surface area (Å²) in [6.45, 7) is 3.84. The minimum atomic E-state index is -0.387. The first kappa shape index (κ1) is 14.1. The fourth-order valence-electron chi connectivity index (χ4n) is 1.63. The van der Waals surface area contributed by atoms with Gasteiger partial charge in [-0.1, -0.05) is 13.0 Å². The molecule has 0 saturated heterocycles. The van der Waals surface area contributed by atoms with Crippen molar-refractivity contribution in [2.75, 3.05) is 13.1 Å². The van der Waals surface area contributed by atoms with Gasteiger partial charge in [0, 0.05) is 13.0 Å². The molecule has 0 amide bonds. The Kier molecular flexibility index (Phi) is 5.04. The van der Waals surface area contributed by atoms with Crippen molar-refractivity contribution in [3.05, 3.63) is 34.4 Å². The van der Waals surface area contributed by atoms with Crippen LogP contribution in [0.3, 0.4) is 0 Å². The van der Waals surface area contributed by atoms with Gasteiger partial charge in [-0.3, -0.25) is 0 Å². The molecule has 0 unspecified atom stereocenters. The Morgan fingerprint density at radius 2 is 2.16 bits per heavy atom. The molecule has 19 heavy (non-hydrogen) atoms. The quantitative estimate of drug-likeness (QED) is 0.828. The maximum atomic E-state index is 13.9. The summed E-state index contributed by atoms with van der Waals surface area (Å²) < 4.78 is 19.7. The largest absolute Gasteiger partial charge is 0.421 e. The van der Waals surface area contributed by atoms with Crippen molar-refractivity contribution in [2.24, 2.45) is 0 Å². The van der Waals surface area contributed by atoms with Gasteiger partial charge in [-0.05, 0) is 41.0 Å². The molecule has 1 heterocycles. The van der Waals surface area contributed by atoms with Crippen LogP contribution in [0.5, 0.6) is 0 Å². The van der Waals surface area contributed by atoms with Crippen molar-refractivity contribution in [1.82, 2.24) is 15.5 Å². The van der Waals surface area contributed by atoms with E-state index < -0.39 is 0 Å². The van der Waals surface area contributed by atoms with Crippen molar-refractivity contribution >= 4 is 15.9 Å². The third-order valence-electron chi connectivity index (χ3n) is 2.59. The lowest BCUT2D eigenvalue weighted by atomic mass is 10.2. The zero-order chi connectivity index (χ0) is 13.7. The van der Waals surface area contributed by atoms with Gasteiger partial charge in [-0.15, -0.1) is 10.2 Å². The number of benzene rings is 1. The van der Waals surface area contributed by atoms with Crippen LogP contribution in [0.1, 0.15) is 19.2 Å². The first-order valence-corrected chi connectivity index (χ1v) is 6.99. The molecule has 1 aromatic carbocycles. The molecule has 0 aliphatic heterocycles. The summed E-state index contributed by atoms with van der Waals surface area (Å²) in [7, 11) is 0. The summed E-state index contributed by atoms with van der Waals surface area (Å²) in [4.78, 5) is 0. The van der Waals surface area contributed by atoms with E-state index >= 15 is 0 Å².